The van der Waals surface area contributed by atoms with Crippen molar-refractivity contribution in [2.24, 2.45) is 0 Å². The van der Waals surface area contributed by atoms with Crippen LogP contribution in [-0.4, -0.2) is 11.7 Å². The Morgan fingerprint density at radius 3 is 2.57 bits per heavy atom. The Morgan fingerprint density at radius 2 is 1.90 bits per heavy atom. The number of rotatable bonds is 6. The Balaban J connectivity index is 2.20. The molecule has 0 spiro atoms. The van der Waals surface area contributed by atoms with Gasteiger partial charge in [-0.1, -0.05) is 28.1 Å². The van der Waals surface area contributed by atoms with Crippen molar-refractivity contribution in [3.63, 3.8) is 0 Å². The van der Waals surface area contributed by atoms with Crippen molar-refractivity contribution < 1.29 is 19.0 Å². The number of aliphatic hydroxyl groups excluding tert-OH is 1. The van der Waals surface area contributed by atoms with Gasteiger partial charge in [-0.3, -0.25) is 0 Å². The van der Waals surface area contributed by atoms with Gasteiger partial charge in [-0.2, -0.15) is 0 Å². The van der Waals surface area contributed by atoms with Crippen LogP contribution < -0.4 is 9.47 Å². The van der Waals surface area contributed by atoms with Gasteiger partial charge in [0.25, 0.3) is 0 Å². The Labute approximate surface area is 131 Å². The molecule has 21 heavy (non-hydrogen) atoms. The molecule has 0 unspecified atom stereocenters. The fraction of sp³-hybridized carbons (Fsp3) is 0.250. The van der Waals surface area contributed by atoms with Crippen LogP contribution in [0.15, 0.2) is 40.9 Å². The van der Waals surface area contributed by atoms with Crippen molar-refractivity contribution in [1.82, 2.24) is 0 Å². The van der Waals surface area contributed by atoms with E-state index in [1.165, 1.54) is 12.1 Å². The Kier molecular flexibility index (Phi) is 5.59. The summed E-state index contributed by atoms with van der Waals surface area (Å²) in [6.45, 7) is 2.51. The second-order valence-electron chi connectivity index (χ2n) is 4.40. The molecule has 0 saturated carbocycles. The topological polar surface area (TPSA) is 38.7 Å². The monoisotopic (exact) mass is 354 g/mol. The minimum atomic E-state index is -0.294. The predicted molar refractivity (Wildman–Crippen MR) is 82.0 cm³/mol. The molecular weight excluding hydrogens is 339 g/mol. The molecule has 0 aromatic heterocycles. The molecule has 2 aromatic rings. The van der Waals surface area contributed by atoms with E-state index in [1.807, 2.05) is 6.92 Å². The van der Waals surface area contributed by atoms with Crippen LogP contribution in [0, 0.1) is 5.82 Å². The van der Waals surface area contributed by atoms with E-state index in [0.717, 1.165) is 15.6 Å². The van der Waals surface area contributed by atoms with Gasteiger partial charge < -0.3 is 14.6 Å². The molecule has 2 rings (SSSR count). The maximum atomic E-state index is 13.1. The number of halogens is 2. The Morgan fingerprint density at radius 1 is 1.14 bits per heavy atom. The summed E-state index contributed by atoms with van der Waals surface area (Å²) < 4.78 is 25.1. The van der Waals surface area contributed by atoms with E-state index in [1.54, 1.807) is 24.3 Å². The third kappa shape index (κ3) is 4.19. The van der Waals surface area contributed by atoms with E-state index in [2.05, 4.69) is 15.9 Å². The first-order valence-electron chi connectivity index (χ1n) is 6.57. The highest BCUT2D eigenvalue weighted by atomic mass is 79.9. The van der Waals surface area contributed by atoms with E-state index in [-0.39, 0.29) is 19.0 Å². The van der Waals surface area contributed by atoms with E-state index < -0.39 is 0 Å². The minimum absolute atomic E-state index is 0.0924. The zero-order valence-electron chi connectivity index (χ0n) is 11.6. The minimum Gasteiger partial charge on any atom is -0.490 e. The lowest BCUT2D eigenvalue weighted by molar-refractivity contribution is 0.263. The van der Waals surface area contributed by atoms with Gasteiger partial charge >= 0.3 is 0 Å². The highest BCUT2D eigenvalue weighted by Gasteiger charge is 2.11. The quantitative estimate of drug-likeness (QED) is 0.850. The standard InChI is InChI=1S/C16H16BrFO3/c1-2-20-15-7-12(9-19)14(17)8-16(15)21-10-11-4-3-5-13(18)6-11/h3-8,19H,2,9-10H2,1H3. The van der Waals surface area contributed by atoms with E-state index >= 15 is 0 Å². The summed E-state index contributed by atoms with van der Waals surface area (Å²) in [5.41, 5.74) is 1.45. The summed E-state index contributed by atoms with van der Waals surface area (Å²) in [5, 5.41) is 9.27. The molecular formula is C16H16BrFO3. The average molecular weight is 355 g/mol. The van der Waals surface area contributed by atoms with Gasteiger partial charge in [0.2, 0.25) is 0 Å². The smallest absolute Gasteiger partial charge is 0.162 e. The van der Waals surface area contributed by atoms with Gasteiger partial charge in [0.1, 0.15) is 12.4 Å². The molecule has 3 nitrogen and oxygen atoms in total. The van der Waals surface area contributed by atoms with E-state index in [9.17, 15) is 9.50 Å². The van der Waals surface area contributed by atoms with Crippen LogP contribution in [0.4, 0.5) is 4.39 Å². The Bertz CT molecular complexity index is 616. The average Bonchev–Trinajstić information content (AvgIpc) is 2.47. The van der Waals surface area contributed by atoms with Crippen molar-refractivity contribution in [3.8, 4) is 11.5 Å². The molecule has 112 valence electrons. The normalized spacial score (nSPS) is 10.5. The summed E-state index contributed by atoms with van der Waals surface area (Å²) in [4.78, 5) is 0. The van der Waals surface area contributed by atoms with Crippen LogP contribution >= 0.6 is 15.9 Å². The van der Waals surface area contributed by atoms with Crippen LogP contribution in [0.2, 0.25) is 0 Å². The van der Waals surface area contributed by atoms with Gasteiger partial charge in [-0.15, -0.1) is 0 Å². The number of aliphatic hydroxyl groups is 1. The van der Waals surface area contributed by atoms with Gasteiger partial charge in [0.15, 0.2) is 11.5 Å². The molecule has 0 heterocycles. The lowest BCUT2D eigenvalue weighted by atomic mass is 10.2. The summed E-state index contributed by atoms with van der Waals surface area (Å²) in [7, 11) is 0. The molecule has 2 aromatic carbocycles. The van der Waals surface area contributed by atoms with Crippen molar-refractivity contribution in [2.45, 2.75) is 20.1 Å². The molecule has 0 saturated heterocycles. The lowest BCUT2D eigenvalue weighted by Gasteiger charge is -2.14. The van der Waals surface area contributed by atoms with Crippen molar-refractivity contribution in [1.29, 1.82) is 0 Å². The van der Waals surface area contributed by atoms with Crippen LogP contribution in [-0.2, 0) is 13.2 Å². The predicted octanol–water partition coefficient (Wildman–Crippen LogP) is 4.06. The molecule has 0 aliphatic heterocycles. The maximum absolute atomic E-state index is 13.1. The number of benzene rings is 2. The number of hydrogen-bond donors (Lipinski definition) is 1. The molecule has 0 fully saturated rings. The summed E-state index contributed by atoms with van der Waals surface area (Å²) in [5.74, 6) is 0.810. The third-order valence-corrected chi connectivity index (χ3v) is 3.60. The molecule has 1 N–H and O–H groups in total. The van der Waals surface area contributed by atoms with Gasteiger partial charge in [0, 0.05) is 4.47 Å². The van der Waals surface area contributed by atoms with E-state index in [0.29, 0.717) is 18.1 Å². The maximum Gasteiger partial charge on any atom is 0.162 e. The highest BCUT2D eigenvalue weighted by Crippen LogP contribution is 2.34. The van der Waals surface area contributed by atoms with Crippen LogP contribution in [0.3, 0.4) is 0 Å². The zero-order chi connectivity index (χ0) is 15.2. The SMILES string of the molecule is CCOc1cc(CO)c(Br)cc1OCc1cccc(F)c1. The molecule has 0 aliphatic carbocycles. The van der Waals surface area contributed by atoms with Crippen LogP contribution in [0.25, 0.3) is 0 Å². The Hall–Kier alpha value is -1.59. The van der Waals surface area contributed by atoms with E-state index in [4.69, 9.17) is 9.47 Å². The fourth-order valence-corrected chi connectivity index (χ4v) is 2.32. The second kappa shape index (κ2) is 7.43. The van der Waals surface area contributed by atoms with Crippen molar-refractivity contribution in [3.05, 3.63) is 57.8 Å². The largest absolute Gasteiger partial charge is 0.490 e. The van der Waals surface area contributed by atoms with Crippen LogP contribution in [0.5, 0.6) is 11.5 Å². The van der Waals surface area contributed by atoms with Gasteiger partial charge in [-0.05, 0) is 42.3 Å². The van der Waals surface area contributed by atoms with Gasteiger partial charge in [-0.25, -0.2) is 4.39 Å². The fourth-order valence-electron chi connectivity index (χ4n) is 1.87. The second-order valence-corrected chi connectivity index (χ2v) is 5.25. The first-order chi connectivity index (χ1) is 10.1. The first kappa shape index (κ1) is 15.8. The lowest BCUT2D eigenvalue weighted by Crippen LogP contribution is -2.01. The van der Waals surface area contributed by atoms with Crippen LogP contribution in [0.1, 0.15) is 18.1 Å². The molecule has 0 radical (unpaired) electrons. The van der Waals surface area contributed by atoms with Crippen molar-refractivity contribution >= 4 is 15.9 Å². The molecule has 5 heteroatoms. The molecule has 0 aliphatic rings. The molecule has 0 amide bonds. The summed E-state index contributed by atoms with van der Waals surface area (Å²) in [6, 6.07) is 9.73. The zero-order valence-corrected chi connectivity index (χ0v) is 13.2. The highest BCUT2D eigenvalue weighted by molar-refractivity contribution is 9.10. The molecule has 0 atom stereocenters. The third-order valence-electron chi connectivity index (χ3n) is 2.87. The number of ether oxygens (including phenoxy) is 2. The summed E-state index contributed by atoms with van der Waals surface area (Å²) in [6.07, 6.45) is 0. The summed E-state index contributed by atoms with van der Waals surface area (Å²) >= 11 is 3.37. The van der Waals surface area contributed by atoms with Gasteiger partial charge in [0.05, 0.1) is 13.2 Å². The number of hydrogen-bond acceptors (Lipinski definition) is 3. The first-order valence-corrected chi connectivity index (χ1v) is 7.36. The van der Waals surface area contributed by atoms with Crippen molar-refractivity contribution in [2.75, 3.05) is 6.61 Å². The molecule has 0 bridgehead atoms.